The maximum absolute atomic E-state index is 5.70. The summed E-state index contributed by atoms with van der Waals surface area (Å²) >= 11 is 3.62. The SMILES string of the molecule is CCCOc1ccc(C(CC2CCC2)NC)cc1Br. The predicted octanol–water partition coefficient (Wildman–Crippen LogP) is 4.69. The molecule has 0 bridgehead atoms. The van der Waals surface area contributed by atoms with Crippen molar-refractivity contribution in [1.29, 1.82) is 0 Å². The first-order chi connectivity index (χ1) is 9.24. The molecular weight excluding hydrogens is 302 g/mol. The van der Waals surface area contributed by atoms with E-state index in [-0.39, 0.29) is 0 Å². The molecule has 0 heterocycles. The smallest absolute Gasteiger partial charge is 0.133 e. The second-order valence-electron chi connectivity index (χ2n) is 5.41. The van der Waals surface area contributed by atoms with E-state index in [1.165, 1.54) is 31.2 Å². The summed E-state index contributed by atoms with van der Waals surface area (Å²) in [5, 5.41) is 3.45. The average Bonchev–Trinajstić information content (AvgIpc) is 2.36. The highest BCUT2D eigenvalue weighted by Gasteiger charge is 2.22. The first-order valence-electron chi connectivity index (χ1n) is 7.34. The summed E-state index contributed by atoms with van der Waals surface area (Å²) < 4.78 is 6.76. The average molecular weight is 326 g/mol. The van der Waals surface area contributed by atoms with Gasteiger partial charge in [-0.15, -0.1) is 0 Å². The van der Waals surface area contributed by atoms with Gasteiger partial charge in [-0.05, 0) is 59.4 Å². The van der Waals surface area contributed by atoms with Gasteiger partial charge in [0.25, 0.3) is 0 Å². The molecule has 0 radical (unpaired) electrons. The van der Waals surface area contributed by atoms with Crippen LogP contribution in [-0.4, -0.2) is 13.7 Å². The van der Waals surface area contributed by atoms with Gasteiger partial charge in [0.1, 0.15) is 5.75 Å². The Hall–Kier alpha value is -0.540. The van der Waals surface area contributed by atoms with Crippen LogP contribution in [0, 0.1) is 5.92 Å². The lowest BCUT2D eigenvalue weighted by molar-refractivity contribution is 0.265. The maximum Gasteiger partial charge on any atom is 0.133 e. The lowest BCUT2D eigenvalue weighted by Crippen LogP contribution is -2.23. The van der Waals surface area contributed by atoms with E-state index in [2.05, 4.69) is 53.4 Å². The van der Waals surface area contributed by atoms with Crippen LogP contribution < -0.4 is 10.1 Å². The van der Waals surface area contributed by atoms with Crippen LogP contribution in [0.2, 0.25) is 0 Å². The van der Waals surface area contributed by atoms with Crippen molar-refractivity contribution < 1.29 is 4.74 Å². The maximum atomic E-state index is 5.70. The van der Waals surface area contributed by atoms with E-state index >= 15 is 0 Å². The van der Waals surface area contributed by atoms with Gasteiger partial charge in [-0.2, -0.15) is 0 Å². The van der Waals surface area contributed by atoms with Gasteiger partial charge in [-0.25, -0.2) is 0 Å². The number of rotatable bonds is 7. The van der Waals surface area contributed by atoms with E-state index in [1.54, 1.807) is 0 Å². The van der Waals surface area contributed by atoms with Crippen LogP contribution in [0.1, 0.15) is 50.6 Å². The quantitative estimate of drug-likeness (QED) is 0.785. The van der Waals surface area contributed by atoms with Crippen molar-refractivity contribution in [3.8, 4) is 5.75 Å². The van der Waals surface area contributed by atoms with E-state index < -0.39 is 0 Å². The van der Waals surface area contributed by atoms with Gasteiger partial charge in [0.05, 0.1) is 11.1 Å². The van der Waals surface area contributed by atoms with Crippen LogP contribution in [0.5, 0.6) is 5.75 Å². The number of halogens is 1. The molecule has 2 rings (SSSR count). The molecule has 19 heavy (non-hydrogen) atoms. The van der Waals surface area contributed by atoms with Gasteiger partial charge in [-0.3, -0.25) is 0 Å². The van der Waals surface area contributed by atoms with E-state index in [0.717, 1.165) is 29.2 Å². The molecule has 1 unspecified atom stereocenters. The fourth-order valence-electron chi connectivity index (χ4n) is 2.55. The summed E-state index contributed by atoms with van der Waals surface area (Å²) in [6, 6.07) is 6.93. The van der Waals surface area contributed by atoms with Crippen molar-refractivity contribution in [2.45, 2.75) is 45.1 Å². The summed E-state index contributed by atoms with van der Waals surface area (Å²) in [5.74, 6) is 1.86. The standard InChI is InChI=1S/C16H24BrNO/c1-3-9-19-16-8-7-13(11-14(16)17)15(18-2)10-12-5-4-6-12/h7-8,11-12,15,18H,3-6,9-10H2,1-2H3. The fourth-order valence-corrected chi connectivity index (χ4v) is 3.06. The summed E-state index contributed by atoms with van der Waals surface area (Å²) in [6.45, 7) is 2.90. The molecule has 1 aromatic rings. The Morgan fingerprint density at radius 2 is 2.21 bits per heavy atom. The number of ether oxygens (including phenoxy) is 1. The highest BCUT2D eigenvalue weighted by molar-refractivity contribution is 9.10. The Balaban J connectivity index is 2.03. The third kappa shape index (κ3) is 3.96. The molecule has 1 atom stereocenters. The Morgan fingerprint density at radius 3 is 2.74 bits per heavy atom. The molecule has 3 heteroatoms. The minimum atomic E-state index is 0.460. The van der Waals surface area contributed by atoms with Crippen LogP contribution in [0.4, 0.5) is 0 Å². The monoisotopic (exact) mass is 325 g/mol. The molecular formula is C16H24BrNO. The van der Waals surface area contributed by atoms with Crippen LogP contribution >= 0.6 is 15.9 Å². The second-order valence-corrected chi connectivity index (χ2v) is 6.27. The van der Waals surface area contributed by atoms with Crippen molar-refractivity contribution in [2.24, 2.45) is 5.92 Å². The first-order valence-corrected chi connectivity index (χ1v) is 8.13. The van der Waals surface area contributed by atoms with Crippen molar-refractivity contribution >= 4 is 15.9 Å². The summed E-state index contributed by atoms with van der Waals surface area (Å²) in [5.41, 5.74) is 1.35. The first kappa shape index (κ1) is 14.9. The van der Waals surface area contributed by atoms with Crippen LogP contribution in [0.25, 0.3) is 0 Å². The summed E-state index contributed by atoms with van der Waals surface area (Å²) in [4.78, 5) is 0. The van der Waals surface area contributed by atoms with Crippen molar-refractivity contribution in [2.75, 3.05) is 13.7 Å². The molecule has 1 saturated carbocycles. The van der Waals surface area contributed by atoms with E-state index in [1.807, 2.05) is 0 Å². The number of hydrogen-bond donors (Lipinski definition) is 1. The molecule has 0 amide bonds. The van der Waals surface area contributed by atoms with Gasteiger partial charge < -0.3 is 10.1 Å². The molecule has 0 spiro atoms. The van der Waals surface area contributed by atoms with Gasteiger partial charge in [0.2, 0.25) is 0 Å². The molecule has 0 aromatic heterocycles. The van der Waals surface area contributed by atoms with Crippen LogP contribution in [0.3, 0.4) is 0 Å². The highest BCUT2D eigenvalue weighted by Crippen LogP contribution is 2.36. The van der Waals surface area contributed by atoms with Gasteiger partial charge >= 0.3 is 0 Å². The van der Waals surface area contributed by atoms with Crippen LogP contribution in [0.15, 0.2) is 22.7 Å². The number of benzene rings is 1. The summed E-state index contributed by atoms with van der Waals surface area (Å²) in [6.07, 6.45) is 6.50. The van der Waals surface area contributed by atoms with Crippen molar-refractivity contribution in [1.82, 2.24) is 5.32 Å². The minimum absolute atomic E-state index is 0.460. The lowest BCUT2D eigenvalue weighted by Gasteiger charge is -2.30. The minimum Gasteiger partial charge on any atom is -0.492 e. The second kappa shape index (κ2) is 7.30. The Kier molecular flexibility index (Phi) is 5.71. The molecule has 0 saturated heterocycles. The third-order valence-electron chi connectivity index (χ3n) is 3.96. The Bertz CT molecular complexity index is 404. The molecule has 0 aliphatic heterocycles. The topological polar surface area (TPSA) is 21.3 Å². The predicted molar refractivity (Wildman–Crippen MR) is 83.7 cm³/mol. The van der Waals surface area contributed by atoms with Crippen LogP contribution in [-0.2, 0) is 0 Å². The normalized spacial score (nSPS) is 17.0. The van der Waals surface area contributed by atoms with Crippen molar-refractivity contribution in [3.63, 3.8) is 0 Å². The van der Waals surface area contributed by atoms with E-state index in [9.17, 15) is 0 Å². The molecule has 1 fully saturated rings. The van der Waals surface area contributed by atoms with Crippen molar-refractivity contribution in [3.05, 3.63) is 28.2 Å². The number of nitrogens with one attached hydrogen (secondary N) is 1. The summed E-state index contributed by atoms with van der Waals surface area (Å²) in [7, 11) is 2.05. The Morgan fingerprint density at radius 1 is 1.42 bits per heavy atom. The zero-order valence-corrected chi connectivity index (χ0v) is 13.5. The van der Waals surface area contributed by atoms with Gasteiger partial charge in [0, 0.05) is 6.04 Å². The van der Waals surface area contributed by atoms with E-state index in [4.69, 9.17) is 4.74 Å². The third-order valence-corrected chi connectivity index (χ3v) is 4.58. The highest BCUT2D eigenvalue weighted by atomic mass is 79.9. The molecule has 2 nitrogen and oxygen atoms in total. The number of hydrogen-bond acceptors (Lipinski definition) is 2. The van der Waals surface area contributed by atoms with Gasteiger partial charge in [0.15, 0.2) is 0 Å². The molecule has 1 aliphatic carbocycles. The largest absolute Gasteiger partial charge is 0.492 e. The fraction of sp³-hybridized carbons (Fsp3) is 0.625. The molecule has 106 valence electrons. The molecule has 1 aromatic carbocycles. The lowest BCUT2D eigenvalue weighted by atomic mass is 9.79. The zero-order valence-electron chi connectivity index (χ0n) is 11.9. The van der Waals surface area contributed by atoms with E-state index in [0.29, 0.717) is 6.04 Å². The van der Waals surface area contributed by atoms with Gasteiger partial charge in [-0.1, -0.05) is 32.3 Å². The molecule has 1 N–H and O–H groups in total. The Labute approximate surface area is 125 Å². The molecule has 1 aliphatic rings. The zero-order chi connectivity index (χ0) is 13.7.